The molecule has 0 unspecified atom stereocenters. The minimum absolute atomic E-state index is 0.0574. The van der Waals surface area contributed by atoms with Crippen LogP contribution in [0.3, 0.4) is 0 Å². The molecule has 1 aliphatic carbocycles. The third-order valence-corrected chi connectivity index (χ3v) is 7.99. The average Bonchev–Trinajstić information content (AvgIpc) is 3.28. The minimum Gasteiger partial charge on any atom is -0.343 e. The van der Waals surface area contributed by atoms with Crippen LogP contribution in [0.2, 0.25) is 0 Å². The molecule has 2 fully saturated rings. The van der Waals surface area contributed by atoms with Crippen molar-refractivity contribution in [3.63, 3.8) is 0 Å². The summed E-state index contributed by atoms with van der Waals surface area (Å²) >= 11 is 2.91. The Morgan fingerprint density at radius 1 is 1.03 bits per heavy atom. The van der Waals surface area contributed by atoms with Gasteiger partial charge in [-0.05, 0) is 30.9 Å². The van der Waals surface area contributed by atoms with E-state index in [9.17, 15) is 9.59 Å². The monoisotopic (exact) mass is 459 g/mol. The van der Waals surface area contributed by atoms with Gasteiger partial charge in [0.05, 0.1) is 5.75 Å². The number of anilines is 2. The zero-order valence-corrected chi connectivity index (χ0v) is 19.3. The second kappa shape index (κ2) is 10.9. The van der Waals surface area contributed by atoms with Crippen molar-refractivity contribution in [2.24, 2.45) is 5.92 Å². The molecule has 1 aliphatic heterocycles. The highest BCUT2D eigenvalue weighted by molar-refractivity contribution is 8.01. The Balaban J connectivity index is 1.20. The van der Waals surface area contributed by atoms with Gasteiger partial charge in [0.15, 0.2) is 4.34 Å². The summed E-state index contributed by atoms with van der Waals surface area (Å²) in [6, 6.07) is 9.43. The molecule has 0 radical (unpaired) electrons. The summed E-state index contributed by atoms with van der Waals surface area (Å²) < 4.78 is 0.786. The van der Waals surface area contributed by atoms with Crippen molar-refractivity contribution in [1.29, 1.82) is 0 Å². The van der Waals surface area contributed by atoms with Gasteiger partial charge in [-0.2, -0.15) is 0 Å². The minimum atomic E-state index is -0.0574. The van der Waals surface area contributed by atoms with Crippen molar-refractivity contribution in [3.8, 4) is 0 Å². The van der Waals surface area contributed by atoms with Crippen molar-refractivity contribution in [3.05, 3.63) is 30.3 Å². The number of aromatic nitrogens is 2. The highest BCUT2D eigenvalue weighted by atomic mass is 32.2. The zero-order valence-electron chi connectivity index (χ0n) is 17.7. The second-order valence-electron chi connectivity index (χ2n) is 8.13. The molecule has 1 aromatic heterocycles. The number of benzene rings is 1. The van der Waals surface area contributed by atoms with E-state index in [1.807, 2.05) is 35.2 Å². The number of piperazine rings is 1. The maximum atomic E-state index is 12.6. The van der Waals surface area contributed by atoms with Crippen LogP contribution in [0.15, 0.2) is 34.7 Å². The van der Waals surface area contributed by atoms with E-state index in [0.29, 0.717) is 24.0 Å². The number of carbonyl (C=O) groups is 2. The number of para-hydroxylation sites is 1. The number of rotatable bonds is 7. The van der Waals surface area contributed by atoms with Gasteiger partial charge >= 0.3 is 0 Å². The molecule has 1 N–H and O–H groups in total. The molecule has 9 heteroatoms. The Morgan fingerprint density at radius 2 is 1.77 bits per heavy atom. The summed E-state index contributed by atoms with van der Waals surface area (Å²) in [7, 11) is 0. The summed E-state index contributed by atoms with van der Waals surface area (Å²) in [6.45, 7) is 3.05. The van der Waals surface area contributed by atoms with Crippen LogP contribution in [-0.2, 0) is 9.59 Å². The van der Waals surface area contributed by atoms with Crippen LogP contribution in [0.5, 0.6) is 0 Å². The lowest BCUT2D eigenvalue weighted by Gasteiger charge is -2.35. The lowest BCUT2D eigenvalue weighted by molar-refractivity contribution is -0.132. The van der Waals surface area contributed by atoms with Gasteiger partial charge in [-0.25, -0.2) is 0 Å². The van der Waals surface area contributed by atoms with Crippen LogP contribution in [0.4, 0.5) is 10.8 Å². The predicted octanol–water partition coefficient (Wildman–Crippen LogP) is 3.89. The van der Waals surface area contributed by atoms with Gasteiger partial charge in [0.2, 0.25) is 16.9 Å². The number of nitrogens with zero attached hydrogens (tertiary/aromatic N) is 4. The van der Waals surface area contributed by atoms with E-state index in [0.717, 1.165) is 41.3 Å². The molecule has 2 amide bonds. The number of carbonyl (C=O) groups excluding carboxylic acids is 2. The SMILES string of the molecule is O=C(CSc1nnc(N2CCN(C(=O)CC3CCCCC3)CC2)s1)Nc1ccccc1. The fourth-order valence-electron chi connectivity index (χ4n) is 4.15. The van der Waals surface area contributed by atoms with Crippen LogP contribution in [-0.4, -0.2) is 58.8 Å². The fourth-order valence-corrected chi connectivity index (χ4v) is 5.84. The number of hydrogen-bond acceptors (Lipinski definition) is 7. The predicted molar refractivity (Wildman–Crippen MR) is 126 cm³/mol. The molecule has 1 aromatic carbocycles. The molecule has 2 aromatic rings. The Bertz CT molecular complexity index is 862. The topological polar surface area (TPSA) is 78.4 Å². The Hall–Kier alpha value is -2.13. The molecule has 0 spiro atoms. The van der Waals surface area contributed by atoms with Gasteiger partial charge in [0, 0.05) is 38.3 Å². The second-order valence-corrected chi connectivity index (χ2v) is 10.3. The highest BCUT2D eigenvalue weighted by Gasteiger charge is 2.26. The number of amides is 2. The first-order valence-electron chi connectivity index (χ1n) is 11.0. The van der Waals surface area contributed by atoms with Crippen molar-refractivity contribution < 1.29 is 9.59 Å². The van der Waals surface area contributed by atoms with Crippen molar-refractivity contribution >= 4 is 45.7 Å². The molecule has 0 bridgehead atoms. The molecular weight excluding hydrogens is 430 g/mol. The van der Waals surface area contributed by atoms with Gasteiger partial charge in [-0.3, -0.25) is 9.59 Å². The van der Waals surface area contributed by atoms with Crippen molar-refractivity contribution in [2.75, 3.05) is 42.1 Å². The molecule has 2 heterocycles. The molecule has 1 saturated heterocycles. The number of nitrogens with one attached hydrogen (secondary N) is 1. The Morgan fingerprint density at radius 3 is 2.52 bits per heavy atom. The van der Waals surface area contributed by atoms with E-state index in [1.54, 1.807) is 0 Å². The number of thioether (sulfide) groups is 1. The summed E-state index contributed by atoms with van der Waals surface area (Å²) in [4.78, 5) is 28.9. The van der Waals surface area contributed by atoms with Crippen LogP contribution in [0, 0.1) is 5.92 Å². The fraction of sp³-hybridized carbons (Fsp3) is 0.545. The highest BCUT2D eigenvalue weighted by Crippen LogP contribution is 2.30. The van der Waals surface area contributed by atoms with Crippen LogP contribution in [0.25, 0.3) is 0 Å². The standard InChI is InChI=1S/C22H29N5O2S2/c28-19(23-18-9-5-2-6-10-18)16-30-22-25-24-21(31-22)27-13-11-26(12-14-27)20(29)15-17-7-3-1-4-8-17/h2,5-6,9-10,17H,1,3-4,7-8,11-16H2,(H,23,28). The van der Waals surface area contributed by atoms with Crippen LogP contribution < -0.4 is 10.2 Å². The molecule has 4 rings (SSSR count). The molecule has 0 atom stereocenters. The van der Waals surface area contributed by atoms with Crippen LogP contribution in [0.1, 0.15) is 38.5 Å². The van der Waals surface area contributed by atoms with E-state index in [4.69, 9.17) is 0 Å². The first kappa shape index (κ1) is 22.1. The molecule has 2 aliphatic rings. The largest absolute Gasteiger partial charge is 0.343 e. The van der Waals surface area contributed by atoms with Crippen molar-refractivity contribution in [2.45, 2.75) is 42.9 Å². The molecule has 31 heavy (non-hydrogen) atoms. The Kier molecular flexibility index (Phi) is 7.80. The Labute approximate surface area is 191 Å². The summed E-state index contributed by atoms with van der Waals surface area (Å²) in [6.07, 6.45) is 7.00. The van der Waals surface area contributed by atoms with E-state index in [1.165, 1.54) is 55.2 Å². The summed E-state index contributed by atoms with van der Waals surface area (Å²) in [5.41, 5.74) is 0.793. The first-order valence-corrected chi connectivity index (χ1v) is 12.8. The summed E-state index contributed by atoms with van der Waals surface area (Å²) in [5, 5.41) is 12.3. The average molecular weight is 460 g/mol. The normalized spacial score (nSPS) is 17.5. The maximum Gasteiger partial charge on any atom is 0.234 e. The van der Waals surface area contributed by atoms with E-state index < -0.39 is 0 Å². The molecule has 7 nitrogen and oxygen atoms in total. The van der Waals surface area contributed by atoms with Gasteiger partial charge in [0.25, 0.3) is 0 Å². The quantitative estimate of drug-likeness (QED) is 0.633. The smallest absolute Gasteiger partial charge is 0.234 e. The van der Waals surface area contributed by atoms with Gasteiger partial charge in [-0.15, -0.1) is 10.2 Å². The van der Waals surface area contributed by atoms with Gasteiger partial charge in [0.1, 0.15) is 0 Å². The molecular formula is C22H29N5O2S2. The first-order chi connectivity index (χ1) is 15.2. The summed E-state index contributed by atoms with van der Waals surface area (Å²) in [5.74, 6) is 1.14. The van der Waals surface area contributed by atoms with Crippen molar-refractivity contribution in [1.82, 2.24) is 15.1 Å². The van der Waals surface area contributed by atoms with Gasteiger partial charge < -0.3 is 15.1 Å². The molecule has 1 saturated carbocycles. The zero-order chi connectivity index (χ0) is 21.5. The molecule has 166 valence electrons. The maximum absolute atomic E-state index is 12.6. The van der Waals surface area contributed by atoms with E-state index in [2.05, 4.69) is 20.4 Å². The lowest BCUT2D eigenvalue weighted by atomic mass is 9.86. The van der Waals surface area contributed by atoms with E-state index in [-0.39, 0.29) is 5.91 Å². The van der Waals surface area contributed by atoms with E-state index >= 15 is 0 Å². The van der Waals surface area contributed by atoms with Gasteiger partial charge in [-0.1, -0.05) is 60.6 Å². The number of hydrogen-bond donors (Lipinski definition) is 1. The third-order valence-electron chi connectivity index (χ3n) is 5.87. The van der Waals surface area contributed by atoms with Crippen LogP contribution >= 0.6 is 23.1 Å². The third kappa shape index (κ3) is 6.43. The lowest BCUT2D eigenvalue weighted by Crippen LogP contribution is -2.49.